The maximum atomic E-state index is 12.6. The SMILES string of the molecule is CC/C=C/C/C=C/C/C=C/C/C=C/CCCCCCCCCC(=O)OC(COCCC(C(=O)O)[N+](C)(C)C)COC(=O)CC/C=C/C/C=C/CC. The number of aliphatic carboxylic acids is 1. The highest BCUT2D eigenvalue weighted by atomic mass is 16.6. The van der Waals surface area contributed by atoms with Crippen molar-refractivity contribution in [2.24, 2.45) is 0 Å². The Balaban J connectivity index is 4.35. The van der Waals surface area contributed by atoms with E-state index in [-0.39, 0.29) is 42.7 Å². The molecular weight excluding hydrogens is 642 g/mol. The average molecular weight is 715 g/mol. The first-order chi connectivity index (χ1) is 24.6. The van der Waals surface area contributed by atoms with E-state index in [9.17, 15) is 19.5 Å². The molecule has 0 aliphatic rings. The monoisotopic (exact) mass is 715 g/mol. The van der Waals surface area contributed by atoms with Crippen LogP contribution in [0.1, 0.15) is 129 Å². The fraction of sp³-hybridized carbons (Fsp3) is 0.651. The second kappa shape index (κ2) is 33.9. The van der Waals surface area contributed by atoms with Crippen molar-refractivity contribution in [2.45, 2.75) is 142 Å². The van der Waals surface area contributed by atoms with Crippen molar-refractivity contribution in [1.82, 2.24) is 0 Å². The van der Waals surface area contributed by atoms with Crippen LogP contribution in [0.15, 0.2) is 72.9 Å². The maximum Gasteiger partial charge on any atom is 0.362 e. The van der Waals surface area contributed by atoms with E-state index in [1.807, 2.05) is 33.3 Å². The zero-order valence-corrected chi connectivity index (χ0v) is 32.8. The molecule has 0 saturated heterocycles. The zero-order chi connectivity index (χ0) is 37.8. The fourth-order valence-corrected chi connectivity index (χ4v) is 5.14. The minimum Gasteiger partial charge on any atom is -0.477 e. The fourth-order valence-electron chi connectivity index (χ4n) is 5.14. The van der Waals surface area contributed by atoms with Gasteiger partial charge in [0.1, 0.15) is 6.61 Å². The van der Waals surface area contributed by atoms with Gasteiger partial charge in [-0.15, -0.1) is 0 Å². The molecule has 0 aliphatic heterocycles. The van der Waals surface area contributed by atoms with Gasteiger partial charge in [-0.2, -0.15) is 0 Å². The summed E-state index contributed by atoms with van der Waals surface area (Å²) >= 11 is 0. The summed E-state index contributed by atoms with van der Waals surface area (Å²) in [4.78, 5) is 36.6. The molecule has 0 saturated carbocycles. The lowest BCUT2D eigenvalue weighted by molar-refractivity contribution is -0.887. The van der Waals surface area contributed by atoms with Gasteiger partial charge in [-0.25, -0.2) is 4.79 Å². The first-order valence-electron chi connectivity index (χ1n) is 19.5. The summed E-state index contributed by atoms with van der Waals surface area (Å²) in [6.07, 6.45) is 41.3. The third kappa shape index (κ3) is 32.4. The van der Waals surface area contributed by atoms with E-state index in [1.54, 1.807) is 0 Å². The number of carboxylic acid groups (broad SMARTS) is 1. The van der Waals surface area contributed by atoms with Gasteiger partial charge in [-0.3, -0.25) is 9.59 Å². The van der Waals surface area contributed by atoms with E-state index >= 15 is 0 Å². The number of nitrogens with zero attached hydrogens (tertiary/aromatic N) is 1. The van der Waals surface area contributed by atoms with Gasteiger partial charge in [-0.05, 0) is 64.2 Å². The summed E-state index contributed by atoms with van der Waals surface area (Å²) in [5.41, 5.74) is 0. The van der Waals surface area contributed by atoms with Gasteiger partial charge in [-0.1, -0.05) is 119 Å². The first kappa shape index (κ1) is 47.8. The van der Waals surface area contributed by atoms with E-state index in [0.717, 1.165) is 70.6 Å². The lowest BCUT2D eigenvalue weighted by atomic mass is 10.1. The van der Waals surface area contributed by atoms with Gasteiger partial charge < -0.3 is 23.8 Å². The molecule has 51 heavy (non-hydrogen) atoms. The van der Waals surface area contributed by atoms with Gasteiger partial charge >= 0.3 is 17.9 Å². The van der Waals surface area contributed by atoms with Crippen LogP contribution in [0, 0.1) is 0 Å². The molecule has 8 heteroatoms. The van der Waals surface area contributed by atoms with Crippen LogP contribution >= 0.6 is 0 Å². The number of rotatable bonds is 33. The summed E-state index contributed by atoms with van der Waals surface area (Å²) in [5, 5.41) is 9.57. The van der Waals surface area contributed by atoms with Crippen LogP contribution in [0.5, 0.6) is 0 Å². The standard InChI is InChI=1S/C43H71NO7/c1-6-8-10-12-14-15-16-17-18-19-20-21-22-23-24-25-26-28-30-32-34-42(46)51-39(37-49-36-35-40(43(47)48)44(3,4)5)38-50-41(45)33-31-29-27-13-11-9-7-2/h8-11,14-15,17-18,20-21,27,29,39-40H,6-7,12-13,16,19,22-26,28,30-38H2,1-5H3/p+1/b10-8+,11-9+,15-14+,18-17+,21-20+,29-27+. The third-order valence-corrected chi connectivity index (χ3v) is 8.11. The van der Waals surface area contributed by atoms with Gasteiger partial charge in [0.05, 0.1) is 34.4 Å². The Morgan fingerprint density at radius 2 is 1.08 bits per heavy atom. The van der Waals surface area contributed by atoms with Crippen molar-refractivity contribution in [3.05, 3.63) is 72.9 Å². The number of likely N-dealkylation sites (N-methyl/N-ethyl adjacent to an activating group) is 1. The average Bonchev–Trinajstić information content (AvgIpc) is 3.08. The smallest absolute Gasteiger partial charge is 0.362 e. The normalized spacial score (nSPS) is 13.8. The lowest BCUT2D eigenvalue weighted by Gasteiger charge is -2.31. The quantitative estimate of drug-likeness (QED) is 0.0313. The van der Waals surface area contributed by atoms with Crippen molar-refractivity contribution >= 4 is 17.9 Å². The second-order valence-electron chi connectivity index (χ2n) is 13.8. The van der Waals surface area contributed by atoms with E-state index in [1.165, 1.54) is 19.3 Å². The highest BCUT2D eigenvalue weighted by molar-refractivity contribution is 5.72. The number of allylic oxidation sites excluding steroid dienone is 12. The van der Waals surface area contributed by atoms with Crippen LogP contribution in [0.25, 0.3) is 0 Å². The highest BCUT2D eigenvalue weighted by Crippen LogP contribution is 2.12. The second-order valence-corrected chi connectivity index (χ2v) is 13.8. The van der Waals surface area contributed by atoms with Crippen LogP contribution in [-0.4, -0.2) is 80.6 Å². The van der Waals surface area contributed by atoms with E-state index in [0.29, 0.717) is 19.3 Å². The van der Waals surface area contributed by atoms with Gasteiger partial charge in [0.2, 0.25) is 0 Å². The van der Waals surface area contributed by atoms with Crippen LogP contribution < -0.4 is 0 Å². The Hall–Kier alpha value is -3.23. The molecule has 2 unspecified atom stereocenters. The molecule has 0 heterocycles. The predicted molar refractivity (Wildman–Crippen MR) is 210 cm³/mol. The molecule has 0 aromatic rings. The minimum absolute atomic E-state index is 0.0348. The third-order valence-electron chi connectivity index (χ3n) is 8.11. The maximum absolute atomic E-state index is 12.6. The Morgan fingerprint density at radius 1 is 0.588 bits per heavy atom. The molecule has 0 bridgehead atoms. The minimum atomic E-state index is -0.889. The number of esters is 2. The molecule has 0 amide bonds. The number of ether oxygens (including phenoxy) is 3. The lowest BCUT2D eigenvalue weighted by Crippen LogP contribution is -2.50. The van der Waals surface area contributed by atoms with Crippen LogP contribution in [0.4, 0.5) is 0 Å². The van der Waals surface area contributed by atoms with Crippen molar-refractivity contribution in [3.8, 4) is 0 Å². The Kier molecular flexibility index (Phi) is 31.7. The van der Waals surface area contributed by atoms with Crippen LogP contribution in [-0.2, 0) is 28.6 Å². The molecule has 0 rings (SSSR count). The summed E-state index contributed by atoms with van der Waals surface area (Å²) < 4.78 is 17.1. The van der Waals surface area contributed by atoms with Crippen molar-refractivity contribution < 1.29 is 38.2 Å². The molecule has 1 N–H and O–H groups in total. The number of carbonyl (C=O) groups is 3. The first-order valence-corrected chi connectivity index (χ1v) is 19.5. The Labute approximate surface area is 311 Å². The van der Waals surface area contributed by atoms with Crippen LogP contribution in [0.3, 0.4) is 0 Å². The number of hydrogen-bond donors (Lipinski definition) is 1. The summed E-state index contributed by atoms with van der Waals surface area (Å²) in [6, 6.07) is -0.625. The van der Waals surface area contributed by atoms with E-state index in [2.05, 4.69) is 74.6 Å². The zero-order valence-electron chi connectivity index (χ0n) is 32.8. The Bertz CT molecular complexity index is 1060. The summed E-state index contributed by atoms with van der Waals surface area (Å²) in [7, 11) is 5.48. The Morgan fingerprint density at radius 3 is 1.61 bits per heavy atom. The van der Waals surface area contributed by atoms with Crippen molar-refractivity contribution in [1.29, 1.82) is 0 Å². The molecule has 0 radical (unpaired) electrons. The van der Waals surface area contributed by atoms with Gasteiger partial charge in [0.25, 0.3) is 0 Å². The van der Waals surface area contributed by atoms with Crippen molar-refractivity contribution in [3.63, 3.8) is 0 Å². The predicted octanol–water partition coefficient (Wildman–Crippen LogP) is 10.0. The van der Waals surface area contributed by atoms with E-state index < -0.39 is 18.1 Å². The van der Waals surface area contributed by atoms with Crippen LogP contribution in [0.2, 0.25) is 0 Å². The molecule has 0 aliphatic carbocycles. The van der Waals surface area contributed by atoms with Crippen molar-refractivity contribution in [2.75, 3.05) is 41.0 Å². The number of unbranched alkanes of at least 4 members (excludes halogenated alkanes) is 7. The molecular formula is C43H72NO7+. The number of hydrogen-bond acceptors (Lipinski definition) is 6. The molecule has 0 fully saturated rings. The number of carboxylic acids is 1. The molecule has 0 spiro atoms. The highest BCUT2D eigenvalue weighted by Gasteiger charge is 2.31. The molecule has 8 nitrogen and oxygen atoms in total. The largest absolute Gasteiger partial charge is 0.477 e. The van der Waals surface area contributed by atoms with Gasteiger partial charge in [0, 0.05) is 19.3 Å². The molecule has 2 atom stereocenters. The topological polar surface area (TPSA) is 99.1 Å². The molecule has 290 valence electrons. The molecule has 0 aromatic carbocycles. The number of carbonyl (C=O) groups excluding carboxylic acids is 2. The summed E-state index contributed by atoms with van der Waals surface area (Å²) in [6.45, 7) is 4.37. The van der Waals surface area contributed by atoms with E-state index in [4.69, 9.17) is 14.2 Å². The number of quaternary nitrogens is 1. The van der Waals surface area contributed by atoms with Gasteiger partial charge in [0.15, 0.2) is 12.1 Å². The molecule has 0 aromatic heterocycles. The summed E-state index contributed by atoms with van der Waals surface area (Å²) in [5.74, 6) is -1.59.